The van der Waals surface area contributed by atoms with Gasteiger partial charge in [-0.1, -0.05) is 35.0 Å². The molecule has 0 spiro atoms. The van der Waals surface area contributed by atoms with Gasteiger partial charge in [0.15, 0.2) is 0 Å². The Labute approximate surface area is 71.8 Å². The molecule has 12 heavy (non-hydrogen) atoms. The molecule has 0 saturated carbocycles. The zero-order valence-corrected chi connectivity index (χ0v) is 7.08. The summed E-state index contributed by atoms with van der Waals surface area (Å²) in [7, 11) is 0. The Hall–Kier alpha value is -1.31. The number of benzene rings is 1. The number of aryl methyl sites for hydroxylation is 1. The summed E-state index contributed by atoms with van der Waals surface area (Å²) < 4.78 is 0. The predicted molar refractivity (Wildman–Crippen MR) is 48.3 cm³/mol. The lowest BCUT2D eigenvalue weighted by molar-refractivity contribution is 0.174. The van der Waals surface area contributed by atoms with Gasteiger partial charge < -0.3 is 4.84 Å². The van der Waals surface area contributed by atoms with Gasteiger partial charge in [-0.25, -0.2) is 0 Å². The van der Waals surface area contributed by atoms with E-state index in [1.165, 1.54) is 11.1 Å². The summed E-state index contributed by atoms with van der Waals surface area (Å²) in [5, 5.41) is 3.95. The summed E-state index contributed by atoms with van der Waals surface area (Å²) in [6.07, 6.45) is 0.934. The average Bonchev–Trinajstić information content (AvgIpc) is 2.58. The maximum atomic E-state index is 4.93. The molecule has 1 aliphatic heterocycles. The van der Waals surface area contributed by atoms with Crippen molar-refractivity contribution in [1.82, 2.24) is 0 Å². The average molecular weight is 161 g/mol. The molecular formula is C10H11NO. The van der Waals surface area contributed by atoms with Crippen LogP contribution in [0.2, 0.25) is 0 Å². The summed E-state index contributed by atoms with van der Waals surface area (Å²) in [5.41, 5.74) is 3.52. The predicted octanol–water partition coefficient (Wildman–Crippen LogP) is 2.12. The number of rotatable bonds is 1. The topological polar surface area (TPSA) is 21.6 Å². The first-order valence-electron chi connectivity index (χ1n) is 4.12. The molecule has 1 aliphatic rings. The van der Waals surface area contributed by atoms with Crippen LogP contribution in [-0.4, -0.2) is 12.3 Å². The van der Waals surface area contributed by atoms with Gasteiger partial charge in [-0.2, -0.15) is 0 Å². The van der Waals surface area contributed by atoms with E-state index in [-0.39, 0.29) is 0 Å². The van der Waals surface area contributed by atoms with Crippen molar-refractivity contribution < 1.29 is 4.84 Å². The zero-order chi connectivity index (χ0) is 8.39. The van der Waals surface area contributed by atoms with E-state index in [0.29, 0.717) is 0 Å². The molecule has 0 saturated heterocycles. The molecule has 2 nitrogen and oxygen atoms in total. The normalized spacial score (nSPS) is 15.6. The van der Waals surface area contributed by atoms with Gasteiger partial charge in [0.1, 0.15) is 6.61 Å². The van der Waals surface area contributed by atoms with Crippen LogP contribution in [0.3, 0.4) is 0 Å². The molecule has 0 unspecified atom stereocenters. The standard InChI is InChI=1S/C10H11NO/c1-8-2-4-9(5-3-8)10-6-7-12-11-10/h2-5H,6-7H2,1H3. The van der Waals surface area contributed by atoms with Crippen LogP contribution < -0.4 is 0 Å². The number of nitrogens with zero attached hydrogens (tertiary/aromatic N) is 1. The van der Waals surface area contributed by atoms with E-state index in [9.17, 15) is 0 Å². The van der Waals surface area contributed by atoms with Crippen LogP contribution in [0.4, 0.5) is 0 Å². The Bertz CT molecular complexity index is 300. The van der Waals surface area contributed by atoms with Crippen LogP contribution in [0.5, 0.6) is 0 Å². The lowest BCUT2D eigenvalue weighted by Gasteiger charge is -1.97. The highest BCUT2D eigenvalue weighted by atomic mass is 16.6. The first kappa shape index (κ1) is 7.35. The molecular weight excluding hydrogens is 150 g/mol. The van der Waals surface area contributed by atoms with Crippen molar-refractivity contribution in [3.63, 3.8) is 0 Å². The molecule has 0 radical (unpaired) electrons. The van der Waals surface area contributed by atoms with Crippen molar-refractivity contribution in [2.75, 3.05) is 6.61 Å². The quantitative estimate of drug-likeness (QED) is 0.618. The van der Waals surface area contributed by atoms with Gasteiger partial charge in [0.25, 0.3) is 0 Å². The maximum absolute atomic E-state index is 4.93. The van der Waals surface area contributed by atoms with E-state index in [2.05, 4.69) is 36.3 Å². The summed E-state index contributed by atoms with van der Waals surface area (Å²) in [5.74, 6) is 0. The van der Waals surface area contributed by atoms with E-state index in [0.717, 1.165) is 18.7 Å². The molecule has 0 fully saturated rings. The smallest absolute Gasteiger partial charge is 0.122 e. The van der Waals surface area contributed by atoms with E-state index in [4.69, 9.17) is 4.84 Å². The first-order valence-corrected chi connectivity index (χ1v) is 4.12. The third kappa shape index (κ3) is 1.33. The van der Waals surface area contributed by atoms with Crippen LogP contribution >= 0.6 is 0 Å². The van der Waals surface area contributed by atoms with Gasteiger partial charge >= 0.3 is 0 Å². The van der Waals surface area contributed by atoms with Crippen LogP contribution in [0.15, 0.2) is 29.4 Å². The molecule has 2 heteroatoms. The minimum absolute atomic E-state index is 0.725. The minimum atomic E-state index is 0.725. The molecule has 1 aromatic rings. The van der Waals surface area contributed by atoms with Gasteiger partial charge in [-0.3, -0.25) is 0 Å². The molecule has 2 rings (SSSR count). The second-order valence-corrected chi connectivity index (χ2v) is 2.99. The van der Waals surface area contributed by atoms with E-state index in [1.807, 2.05) is 0 Å². The van der Waals surface area contributed by atoms with Crippen molar-refractivity contribution >= 4 is 5.71 Å². The molecule has 0 aromatic heterocycles. The fourth-order valence-electron chi connectivity index (χ4n) is 1.25. The van der Waals surface area contributed by atoms with Crippen LogP contribution in [0.25, 0.3) is 0 Å². The van der Waals surface area contributed by atoms with Crippen molar-refractivity contribution in [1.29, 1.82) is 0 Å². The summed E-state index contributed by atoms with van der Waals surface area (Å²) in [6.45, 7) is 2.81. The summed E-state index contributed by atoms with van der Waals surface area (Å²) >= 11 is 0. The fraction of sp³-hybridized carbons (Fsp3) is 0.300. The maximum Gasteiger partial charge on any atom is 0.122 e. The van der Waals surface area contributed by atoms with Crippen molar-refractivity contribution in [2.45, 2.75) is 13.3 Å². The Balaban J connectivity index is 2.28. The molecule has 0 atom stereocenters. The van der Waals surface area contributed by atoms with Crippen LogP contribution in [-0.2, 0) is 4.84 Å². The Morgan fingerprint density at radius 2 is 2.00 bits per heavy atom. The van der Waals surface area contributed by atoms with Crippen LogP contribution in [0, 0.1) is 6.92 Å². The lowest BCUT2D eigenvalue weighted by Crippen LogP contribution is -1.96. The van der Waals surface area contributed by atoms with Gasteiger partial charge in [0.2, 0.25) is 0 Å². The lowest BCUT2D eigenvalue weighted by atomic mass is 10.1. The Morgan fingerprint density at radius 1 is 1.25 bits per heavy atom. The van der Waals surface area contributed by atoms with E-state index >= 15 is 0 Å². The third-order valence-corrected chi connectivity index (χ3v) is 1.99. The van der Waals surface area contributed by atoms with Crippen molar-refractivity contribution in [2.24, 2.45) is 5.16 Å². The highest BCUT2D eigenvalue weighted by molar-refractivity contribution is 6.00. The number of hydrogen-bond donors (Lipinski definition) is 0. The highest BCUT2D eigenvalue weighted by Crippen LogP contribution is 2.11. The molecule has 1 aromatic carbocycles. The number of oxime groups is 1. The molecule has 0 N–H and O–H groups in total. The largest absolute Gasteiger partial charge is 0.395 e. The van der Waals surface area contributed by atoms with E-state index in [1.54, 1.807) is 0 Å². The monoisotopic (exact) mass is 161 g/mol. The van der Waals surface area contributed by atoms with Crippen molar-refractivity contribution in [3.05, 3.63) is 35.4 Å². The summed E-state index contributed by atoms with van der Waals surface area (Å²) in [6, 6.07) is 8.36. The molecule has 0 bridgehead atoms. The minimum Gasteiger partial charge on any atom is -0.395 e. The van der Waals surface area contributed by atoms with Gasteiger partial charge in [-0.15, -0.1) is 0 Å². The molecule has 0 aliphatic carbocycles. The fourth-order valence-corrected chi connectivity index (χ4v) is 1.25. The Kier molecular flexibility index (Phi) is 1.82. The van der Waals surface area contributed by atoms with Crippen molar-refractivity contribution in [3.8, 4) is 0 Å². The highest BCUT2D eigenvalue weighted by Gasteiger charge is 2.09. The zero-order valence-electron chi connectivity index (χ0n) is 7.08. The number of hydrogen-bond acceptors (Lipinski definition) is 2. The molecule has 0 amide bonds. The summed E-state index contributed by atoms with van der Waals surface area (Å²) in [4.78, 5) is 4.93. The molecule has 1 heterocycles. The second-order valence-electron chi connectivity index (χ2n) is 2.99. The van der Waals surface area contributed by atoms with Gasteiger partial charge in [-0.05, 0) is 12.5 Å². The van der Waals surface area contributed by atoms with E-state index < -0.39 is 0 Å². The van der Waals surface area contributed by atoms with Gasteiger partial charge in [0, 0.05) is 6.42 Å². The second kappa shape index (κ2) is 2.97. The molecule has 62 valence electrons. The SMILES string of the molecule is Cc1ccc(C2=NOCC2)cc1. The first-order chi connectivity index (χ1) is 5.86. The van der Waals surface area contributed by atoms with Gasteiger partial charge in [0.05, 0.1) is 5.71 Å². The third-order valence-electron chi connectivity index (χ3n) is 1.99. The van der Waals surface area contributed by atoms with Crippen LogP contribution in [0.1, 0.15) is 17.5 Å². The Morgan fingerprint density at radius 3 is 2.58 bits per heavy atom.